The number of piperazine rings is 1. The Hall–Kier alpha value is -1.10. The zero-order chi connectivity index (χ0) is 13.1. The van der Waals surface area contributed by atoms with Crippen molar-refractivity contribution in [3.05, 3.63) is 30.3 Å². The lowest BCUT2D eigenvalue weighted by Gasteiger charge is -2.46. The monoisotopic (exact) mass is 262 g/mol. The number of anilines is 1. The molecule has 1 N–H and O–H groups in total. The molecule has 0 bridgehead atoms. The third-order valence-corrected chi connectivity index (χ3v) is 4.14. The number of hydrogen-bond acceptors (Lipinski definition) is 4. The topological polar surface area (TPSA) is 35.9 Å². The first kappa shape index (κ1) is 12.9. The van der Waals surface area contributed by atoms with Crippen molar-refractivity contribution in [2.75, 3.05) is 44.3 Å². The molecule has 104 valence electrons. The van der Waals surface area contributed by atoms with Gasteiger partial charge in [-0.2, -0.15) is 0 Å². The predicted molar refractivity (Wildman–Crippen MR) is 75.5 cm³/mol. The SMILES string of the molecule is OCCC1CN2CCN(c3ccccc3)C[C@@H]2CO1. The van der Waals surface area contributed by atoms with Crippen molar-refractivity contribution in [3.63, 3.8) is 0 Å². The summed E-state index contributed by atoms with van der Waals surface area (Å²) in [7, 11) is 0. The van der Waals surface area contributed by atoms with Crippen LogP contribution in [0.4, 0.5) is 5.69 Å². The molecule has 1 unspecified atom stereocenters. The highest BCUT2D eigenvalue weighted by atomic mass is 16.5. The van der Waals surface area contributed by atoms with Crippen LogP contribution in [-0.2, 0) is 4.74 Å². The van der Waals surface area contributed by atoms with E-state index in [9.17, 15) is 0 Å². The van der Waals surface area contributed by atoms with Gasteiger partial charge in [-0.25, -0.2) is 0 Å². The zero-order valence-corrected chi connectivity index (χ0v) is 11.2. The molecule has 1 aromatic rings. The predicted octanol–water partition coefficient (Wildman–Crippen LogP) is 0.958. The number of nitrogens with zero attached hydrogens (tertiary/aromatic N) is 2. The highest BCUT2D eigenvalue weighted by molar-refractivity contribution is 5.46. The quantitative estimate of drug-likeness (QED) is 0.880. The Bertz CT molecular complexity index is 398. The minimum atomic E-state index is 0.213. The molecular formula is C15H22N2O2. The maximum atomic E-state index is 9.00. The molecule has 4 heteroatoms. The van der Waals surface area contributed by atoms with Gasteiger partial charge in [-0.15, -0.1) is 0 Å². The van der Waals surface area contributed by atoms with E-state index in [4.69, 9.17) is 9.84 Å². The first-order valence-electron chi connectivity index (χ1n) is 7.13. The van der Waals surface area contributed by atoms with E-state index in [0.717, 1.165) is 39.2 Å². The Labute approximate surface area is 114 Å². The summed E-state index contributed by atoms with van der Waals surface area (Å²) in [4.78, 5) is 4.96. The van der Waals surface area contributed by atoms with Crippen LogP contribution in [0.25, 0.3) is 0 Å². The molecule has 2 aliphatic heterocycles. The third-order valence-electron chi connectivity index (χ3n) is 4.14. The molecule has 0 amide bonds. The second kappa shape index (κ2) is 5.90. The minimum absolute atomic E-state index is 0.213. The largest absolute Gasteiger partial charge is 0.396 e. The smallest absolute Gasteiger partial charge is 0.0724 e. The molecule has 0 aromatic heterocycles. The Morgan fingerprint density at radius 3 is 2.79 bits per heavy atom. The van der Waals surface area contributed by atoms with Gasteiger partial charge in [0.15, 0.2) is 0 Å². The van der Waals surface area contributed by atoms with Gasteiger partial charge < -0.3 is 14.7 Å². The standard InChI is InChI=1S/C15H22N2O2/c18-9-6-15-11-17-8-7-16(10-14(17)12-19-15)13-4-2-1-3-5-13/h1-5,14-15,18H,6-12H2/t14-,15?/m1/s1. The summed E-state index contributed by atoms with van der Waals surface area (Å²) < 4.78 is 5.84. The summed E-state index contributed by atoms with van der Waals surface area (Å²) in [6, 6.07) is 11.1. The molecule has 0 spiro atoms. The number of para-hydroxylation sites is 1. The van der Waals surface area contributed by atoms with Crippen LogP contribution < -0.4 is 4.90 Å². The number of hydrogen-bond donors (Lipinski definition) is 1. The lowest BCUT2D eigenvalue weighted by molar-refractivity contribution is -0.0732. The van der Waals surface area contributed by atoms with Gasteiger partial charge >= 0.3 is 0 Å². The second-order valence-corrected chi connectivity index (χ2v) is 5.40. The summed E-state index contributed by atoms with van der Waals surface area (Å²) in [6.45, 7) is 5.17. The molecule has 2 aliphatic rings. The molecule has 4 nitrogen and oxygen atoms in total. The van der Waals surface area contributed by atoms with E-state index in [1.807, 2.05) is 0 Å². The second-order valence-electron chi connectivity index (χ2n) is 5.40. The van der Waals surface area contributed by atoms with Gasteiger partial charge in [-0.1, -0.05) is 18.2 Å². The molecule has 1 aromatic carbocycles. The summed E-state index contributed by atoms with van der Waals surface area (Å²) in [6.07, 6.45) is 0.968. The van der Waals surface area contributed by atoms with Gasteiger partial charge in [0.25, 0.3) is 0 Å². The van der Waals surface area contributed by atoms with E-state index in [0.29, 0.717) is 6.04 Å². The highest BCUT2D eigenvalue weighted by Crippen LogP contribution is 2.22. The fourth-order valence-electron chi connectivity index (χ4n) is 3.04. The van der Waals surface area contributed by atoms with Crippen LogP contribution in [0.5, 0.6) is 0 Å². The number of rotatable bonds is 3. The molecule has 19 heavy (non-hydrogen) atoms. The lowest BCUT2D eigenvalue weighted by atomic mass is 10.1. The van der Waals surface area contributed by atoms with E-state index < -0.39 is 0 Å². The first-order valence-corrected chi connectivity index (χ1v) is 7.13. The molecule has 2 heterocycles. The minimum Gasteiger partial charge on any atom is -0.396 e. The van der Waals surface area contributed by atoms with Crippen LogP contribution in [0.15, 0.2) is 30.3 Å². The van der Waals surface area contributed by atoms with E-state index >= 15 is 0 Å². The number of ether oxygens (including phenoxy) is 1. The van der Waals surface area contributed by atoms with Gasteiger partial charge in [0.05, 0.1) is 18.8 Å². The fraction of sp³-hybridized carbons (Fsp3) is 0.600. The van der Waals surface area contributed by atoms with Gasteiger partial charge in [0.1, 0.15) is 0 Å². The average molecular weight is 262 g/mol. The Balaban J connectivity index is 1.60. The summed E-state index contributed by atoms with van der Waals surface area (Å²) in [5.41, 5.74) is 1.31. The van der Waals surface area contributed by atoms with Crippen molar-refractivity contribution in [3.8, 4) is 0 Å². The molecule has 0 aliphatic carbocycles. The maximum absolute atomic E-state index is 9.00. The summed E-state index contributed by atoms with van der Waals surface area (Å²) >= 11 is 0. The van der Waals surface area contributed by atoms with Crippen molar-refractivity contribution >= 4 is 5.69 Å². The molecule has 0 saturated carbocycles. The van der Waals surface area contributed by atoms with Crippen LogP contribution in [0.1, 0.15) is 6.42 Å². The zero-order valence-electron chi connectivity index (χ0n) is 11.2. The molecule has 2 fully saturated rings. The van der Waals surface area contributed by atoms with Crippen molar-refractivity contribution in [2.24, 2.45) is 0 Å². The summed E-state index contributed by atoms with van der Waals surface area (Å²) in [5.74, 6) is 0. The van der Waals surface area contributed by atoms with Gasteiger partial charge in [0.2, 0.25) is 0 Å². The lowest BCUT2D eigenvalue weighted by Crippen LogP contribution is -2.60. The third kappa shape index (κ3) is 2.91. The van der Waals surface area contributed by atoms with Gasteiger partial charge in [-0.3, -0.25) is 4.90 Å². The fourth-order valence-corrected chi connectivity index (χ4v) is 3.04. The molecule has 2 saturated heterocycles. The highest BCUT2D eigenvalue weighted by Gasteiger charge is 2.33. The number of morpholine rings is 1. The number of fused-ring (bicyclic) bond motifs is 1. The Morgan fingerprint density at radius 2 is 2.00 bits per heavy atom. The van der Waals surface area contributed by atoms with Crippen molar-refractivity contribution in [2.45, 2.75) is 18.6 Å². The normalized spacial score (nSPS) is 28.2. The number of aliphatic hydroxyl groups excluding tert-OH is 1. The van der Waals surface area contributed by atoms with Gasteiger partial charge in [-0.05, 0) is 18.6 Å². The van der Waals surface area contributed by atoms with E-state index in [2.05, 4.69) is 40.1 Å². The van der Waals surface area contributed by atoms with E-state index in [1.54, 1.807) is 0 Å². The molecule has 3 rings (SSSR count). The maximum Gasteiger partial charge on any atom is 0.0724 e. The first-order chi connectivity index (χ1) is 9.36. The Morgan fingerprint density at radius 1 is 1.16 bits per heavy atom. The number of aliphatic hydroxyl groups is 1. The van der Waals surface area contributed by atoms with Crippen molar-refractivity contribution in [1.29, 1.82) is 0 Å². The summed E-state index contributed by atoms with van der Waals surface area (Å²) in [5, 5.41) is 9.00. The van der Waals surface area contributed by atoms with Gasteiger partial charge in [0, 0.05) is 38.5 Å². The molecular weight excluding hydrogens is 240 g/mol. The number of benzene rings is 1. The van der Waals surface area contributed by atoms with Crippen molar-refractivity contribution in [1.82, 2.24) is 4.90 Å². The van der Waals surface area contributed by atoms with Crippen LogP contribution in [0.2, 0.25) is 0 Å². The van der Waals surface area contributed by atoms with Crippen LogP contribution >= 0.6 is 0 Å². The molecule has 2 atom stereocenters. The van der Waals surface area contributed by atoms with Crippen molar-refractivity contribution < 1.29 is 9.84 Å². The van der Waals surface area contributed by atoms with E-state index in [-0.39, 0.29) is 12.7 Å². The molecule has 0 radical (unpaired) electrons. The Kier molecular flexibility index (Phi) is 4.01. The van der Waals surface area contributed by atoms with E-state index in [1.165, 1.54) is 5.69 Å². The van der Waals surface area contributed by atoms with Crippen LogP contribution in [-0.4, -0.2) is 61.5 Å². The van der Waals surface area contributed by atoms with Crippen LogP contribution in [0, 0.1) is 0 Å². The average Bonchev–Trinajstić information content (AvgIpc) is 2.48. The van der Waals surface area contributed by atoms with Crippen LogP contribution in [0.3, 0.4) is 0 Å².